The zero-order valence-corrected chi connectivity index (χ0v) is 14.0. The minimum atomic E-state index is -0.272. The Labute approximate surface area is 141 Å². The fraction of sp³-hybridized carbons (Fsp3) is 0.412. The molecule has 1 atom stereocenters. The summed E-state index contributed by atoms with van der Waals surface area (Å²) >= 11 is 0. The smallest absolute Gasteiger partial charge is 0.286 e. The number of amides is 2. The molecule has 2 aromatic heterocycles. The normalized spacial score (nSPS) is 12.1. The van der Waals surface area contributed by atoms with Crippen molar-refractivity contribution in [2.24, 2.45) is 0 Å². The number of rotatable bonds is 9. The first-order chi connectivity index (χ1) is 11.6. The molecule has 2 N–H and O–H groups in total. The lowest BCUT2D eigenvalue weighted by Crippen LogP contribution is -2.34. The van der Waals surface area contributed by atoms with Gasteiger partial charge in [0.2, 0.25) is 5.91 Å². The summed E-state index contributed by atoms with van der Waals surface area (Å²) in [5, 5.41) is 5.61. The van der Waals surface area contributed by atoms with E-state index in [1.54, 1.807) is 18.4 Å². The number of furan rings is 2. The highest BCUT2D eigenvalue weighted by Gasteiger charge is 2.17. The van der Waals surface area contributed by atoms with Gasteiger partial charge in [0.25, 0.3) is 5.91 Å². The Morgan fingerprint density at radius 1 is 1.12 bits per heavy atom. The topological polar surface area (TPSA) is 87.7 Å². The SMILES string of the molecule is CN(C)C(CNC(=O)CCCNC(=O)c1ccco1)c1ccco1. The fourth-order valence-corrected chi connectivity index (χ4v) is 2.26. The van der Waals surface area contributed by atoms with E-state index in [4.69, 9.17) is 8.83 Å². The van der Waals surface area contributed by atoms with Crippen LogP contribution >= 0.6 is 0 Å². The van der Waals surface area contributed by atoms with E-state index in [1.165, 1.54) is 6.26 Å². The van der Waals surface area contributed by atoms with Gasteiger partial charge in [-0.25, -0.2) is 0 Å². The molecule has 1 unspecified atom stereocenters. The van der Waals surface area contributed by atoms with Crippen molar-refractivity contribution in [2.75, 3.05) is 27.2 Å². The first-order valence-corrected chi connectivity index (χ1v) is 7.86. The molecule has 7 heteroatoms. The zero-order valence-electron chi connectivity index (χ0n) is 14.0. The highest BCUT2D eigenvalue weighted by molar-refractivity contribution is 5.91. The lowest BCUT2D eigenvalue weighted by molar-refractivity contribution is -0.121. The number of carbonyl (C=O) groups excluding carboxylic acids is 2. The largest absolute Gasteiger partial charge is 0.468 e. The van der Waals surface area contributed by atoms with Crippen molar-refractivity contribution < 1.29 is 18.4 Å². The maximum atomic E-state index is 11.9. The number of nitrogens with one attached hydrogen (secondary N) is 2. The van der Waals surface area contributed by atoms with Crippen LogP contribution in [0.15, 0.2) is 45.6 Å². The highest BCUT2D eigenvalue weighted by Crippen LogP contribution is 2.17. The molecule has 0 bridgehead atoms. The molecular formula is C17H23N3O4. The van der Waals surface area contributed by atoms with Gasteiger partial charge in [-0.1, -0.05) is 0 Å². The minimum Gasteiger partial charge on any atom is -0.468 e. The average Bonchev–Trinajstić information content (AvgIpc) is 3.24. The van der Waals surface area contributed by atoms with Crippen molar-refractivity contribution in [1.29, 1.82) is 0 Å². The van der Waals surface area contributed by atoms with Gasteiger partial charge in [0.1, 0.15) is 5.76 Å². The standard InChI is InChI=1S/C17H23N3O4/c1-20(2)13(14-6-4-10-23-14)12-19-16(21)8-3-9-18-17(22)15-7-5-11-24-15/h4-7,10-11,13H,3,8-9,12H2,1-2H3,(H,18,22)(H,19,21). The van der Waals surface area contributed by atoms with Crippen LogP contribution in [-0.4, -0.2) is 43.9 Å². The molecule has 2 heterocycles. The molecule has 0 saturated heterocycles. The Bertz CT molecular complexity index is 620. The quantitative estimate of drug-likeness (QED) is 0.683. The molecule has 7 nitrogen and oxygen atoms in total. The van der Waals surface area contributed by atoms with Crippen molar-refractivity contribution in [2.45, 2.75) is 18.9 Å². The molecule has 2 aromatic rings. The van der Waals surface area contributed by atoms with Gasteiger partial charge in [-0.3, -0.25) is 14.5 Å². The lowest BCUT2D eigenvalue weighted by atomic mass is 10.2. The van der Waals surface area contributed by atoms with Crippen LogP contribution in [-0.2, 0) is 4.79 Å². The molecular weight excluding hydrogens is 310 g/mol. The Balaban J connectivity index is 1.65. The predicted molar refractivity (Wildman–Crippen MR) is 88.4 cm³/mol. The van der Waals surface area contributed by atoms with Crippen LogP contribution < -0.4 is 10.6 Å². The van der Waals surface area contributed by atoms with Crippen molar-refractivity contribution in [1.82, 2.24) is 15.5 Å². The van der Waals surface area contributed by atoms with Gasteiger partial charge in [-0.15, -0.1) is 0 Å². The summed E-state index contributed by atoms with van der Waals surface area (Å²) in [4.78, 5) is 25.6. The second-order valence-corrected chi connectivity index (χ2v) is 5.64. The molecule has 0 fully saturated rings. The van der Waals surface area contributed by atoms with Crippen molar-refractivity contribution >= 4 is 11.8 Å². The molecule has 0 aliphatic carbocycles. The van der Waals surface area contributed by atoms with Crippen LogP contribution in [0.5, 0.6) is 0 Å². The van der Waals surface area contributed by atoms with Gasteiger partial charge >= 0.3 is 0 Å². The second-order valence-electron chi connectivity index (χ2n) is 5.64. The van der Waals surface area contributed by atoms with Crippen LogP contribution in [0.3, 0.4) is 0 Å². The molecule has 24 heavy (non-hydrogen) atoms. The summed E-state index contributed by atoms with van der Waals surface area (Å²) in [6, 6.07) is 6.96. The van der Waals surface area contributed by atoms with E-state index in [2.05, 4.69) is 10.6 Å². The summed E-state index contributed by atoms with van der Waals surface area (Å²) in [5.41, 5.74) is 0. The summed E-state index contributed by atoms with van der Waals surface area (Å²) in [7, 11) is 3.87. The summed E-state index contributed by atoms with van der Waals surface area (Å²) in [6.07, 6.45) is 3.97. The van der Waals surface area contributed by atoms with E-state index in [9.17, 15) is 9.59 Å². The van der Waals surface area contributed by atoms with Crippen LogP contribution in [0.1, 0.15) is 35.2 Å². The van der Waals surface area contributed by atoms with E-state index >= 15 is 0 Å². The van der Waals surface area contributed by atoms with E-state index in [-0.39, 0.29) is 23.6 Å². The van der Waals surface area contributed by atoms with Crippen LogP contribution in [0.4, 0.5) is 0 Å². The van der Waals surface area contributed by atoms with E-state index < -0.39 is 0 Å². The fourth-order valence-electron chi connectivity index (χ4n) is 2.26. The van der Waals surface area contributed by atoms with Gasteiger partial charge in [0, 0.05) is 19.5 Å². The molecule has 2 rings (SSSR count). The van der Waals surface area contributed by atoms with E-state index in [0.717, 1.165) is 5.76 Å². The predicted octanol–water partition coefficient (Wildman–Crippen LogP) is 1.80. The molecule has 2 amide bonds. The van der Waals surface area contributed by atoms with Crippen molar-refractivity contribution in [3.05, 3.63) is 48.3 Å². The van der Waals surface area contributed by atoms with Crippen molar-refractivity contribution in [3.63, 3.8) is 0 Å². The highest BCUT2D eigenvalue weighted by atomic mass is 16.3. The third-order valence-electron chi connectivity index (χ3n) is 3.60. The number of carbonyl (C=O) groups is 2. The summed E-state index contributed by atoms with van der Waals surface area (Å²) < 4.78 is 10.4. The zero-order chi connectivity index (χ0) is 17.4. The third-order valence-corrected chi connectivity index (χ3v) is 3.60. The van der Waals surface area contributed by atoms with Gasteiger partial charge in [-0.05, 0) is 44.8 Å². The van der Waals surface area contributed by atoms with E-state index in [0.29, 0.717) is 25.9 Å². The Morgan fingerprint density at radius 3 is 2.50 bits per heavy atom. The van der Waals surface area contributed by atoms with E-state index in [1.807, 2.05) is 31.1 Å². The van der Waals surface area contributed by atoms with Crippen molar-refractivity contribution in [3.8, 4) is 0 Å². The van der Waals surface area contributed by atoms with Crippen LogP contribution in [0, 0.1) is 0 Å². The Kier molecular flexibility index (Phi) is 6.62. The molecule has 0 aliphatic rings. The Morgan fingerprint density at radius 2 is 1.88 bits per heavy atom. The molecule has 0 radical (unpaired) electrons. The van der Waals surface area contributed by atoms with Gasteiger partial charge in [0.05, 0.1) is 18.6 Å². The molecule has 0 saturated carbocycles. The molecule has 0 spiro atoms. The van der Waals surface area contributed by atoms with Gasteiger partial charge < -0.3 is 19.5 Å². The second kappa shape index (κ2) is 8.93. The number of hydrogen-bond acceptors (Lipinski definition) is 5. The minimum absolute atomic E-state index is 0.0115. The lowest BCUT2D eigenvalue weighted by Gasteiger charge is -2.22. The van der Waals surface area contributed by atoms with Gasteiger partial charge in [0.15, 0.2) is 5.76 Å². The average molecular weight is 333 g/mol. The van der Waals surface area contributed by atoms with Crippen LogP contribution in [0.2, 0.25) is 0 Å². The first kappa shape index (κ1) is 17.8. The monoisotopic (exact) mass is 333 g/mol. The molecule has 0 aliphatic heterocycles. The third kappa shape index (κ3) is 5.27. The summed E-state index contributed by atoms with van der Waals surface area (Å²) in [5.74, 6) is 0.754. The Hall–Kier alpha value is -2.54. The number of likely N-dealkylation sites (N-methyl/N-ethyl adjacent to an activating group) is 1. The molecule has 130 valence electrons. The number of hydrogen-bond donors (Lipinski definition) is 2. The van der Waals surface area contributed by atoms with Gasteiger partial charge in [-0.2, -0.15) is 0 Å². The number of nitrogens with zero attached hydrogens (tertiary/aromatic N) is 1. The maximum Gasteiger partial charge on any atom is 0.286 e. The first-order valence-electron chi connectivity index (χ1n) is 7.86. The summed E-state index contributed by atoms with van der Waals surface area (Å²) in [6.45, 7) is 0.889. The molecule has 0 aromatic carbocycles. The maximum absolute atomic E-state index is 11.9. The van der Waals surface area contributed by atoms with Crippen LogP contribution in [0.25, 0.3) is 0 Å².